The minimum absolute atomic E-state index is 0.361. The highest BCUT2D eigenvalue weighted by Crippen LogP contribution is 2.17. The molecular formula is C12H16N2S2. The van der Waals surface area contributed by atoms with Gasteiger partial charge in [-0.2, -0.15) is 0 Å². The summed E-state index contributed by atoms with van der Waals surface area (Å²) < 4.78 is 0. The van der Waals surface area contributed by atoms with Crippen LogP contribution < -0.4 is 5.32 Å². The Kier molecular flexibility index (Phi) is 4.09. The summed E-state index contributed by atoms with van der Waals surface area (Å²) in [4.78, 5) is 5.79. The molecule has 0 saturated carbocycles. The molecular weight excluding hydrogens is 236 g/mol. The Balaban J connectivity index is 1.78. The van der Waals surface area contributed by atoms with Crippen LogP contribution in [0.15, 0.2) is 23.0 Å². The van der Waals surface area contributed by atoms with Gasteiger partial charge in [0, 0.05) is 23.0 Å². The fourth-order valence-electron chi connectivity index (χ4n) is 1.60. The van der Waals surface area contributed by atoms with Crippen LogP contribution in [0.2, 0.25) is 0 Å². The summed E-state index contributed by atoms with van der Waals surface area (Å²) in [5.74, 6) is 0. The molecule has 0 aliphatic rings. The lowest BCUT2D eigenvalue weighted by atomic mass is 10.2. The van der Waals surface area contributed by atoms with Crippen molar-refractivity contribution in [1.29, 1.82) is 0 Å². The minimum Gasteiger partial charge on any atom is -0.308 e. The van der Waals surface area contributed by atoms with Crippen molar-refractivity contribution in [2.75, 3.05) is 6.54 Å². The molecule has 0 bridgehead atoms. The molecule has 0 spiro atoms. The van der Waals surface area contributed by atoms with Crippen LogP contribution in [-0.4, -0.2) is 11.5 Å². The predicted octanol–water partition coefficient (Wildman–Crippen LogP) is 3.41. The zero-order valence-corrected chi connectivity index (χ0v) is 11.2. The maximum atomic E-state index is 4.31. The number of rotatable bonds is 5. The van der Waals surface area contributed by atoms with Crippen LogP contribution in [0.4, 0.5) is 0 Å². The molecule has 4 heteroatoms. The second kappa shape index (κ2) is 5.57. The summed E-state index contributed by atoms with van der Waals surface area (Å²) in [7, 11) is 0. The Hall–Kier alpha value is -0.710. The number of hydrogen-bond donors (Lipinski definition) is 1. The van der Waals surface area contributed by atoms with Gasteiger partial charge in [0.25, 0.3) is 0 Å². The standard InChI is InChI=1S/C12H16N2S2/c1-9-4-7-15-11(9)3-5-13-10(2)12-14-6-8-16-12/h4,6-8,10,13H,3,5H2,1-2H3. The van der Waals surface area contributed by atoms with Crippen molar-refractivity contribution in [2.45, 2.75) is 26.3 Å². The van der Waals surface area contributed by atoms with Crippen LogP contribution in [0.25, 0.3) is 0 Å². The summed E-state index contributed by atoms with van der Waals surface area (Å²) in [6, 6.07) is 2.55. The van der Waals surface area contributed by atoms with Crippen LogP contribution in [0.1, 0.15) is 28.4 Å². The second-order valence-electron chi connectivity index (χ2n) is 3.82. The number of nitrogens with one attached hydrogen (secondary N) is 1. The van der Waals surface area contributed by atoms with Crippen LogP contribution in [0.5, 0.6) is 0 Å². The van der Waals surface area contributed by atoms with Crippen LogP contribution in [0.3, 0.4) is 0 Å². The van der Waals surface area contributed by atoms with E-state index in [1.54, 1.807) is 11.3 Å². The van der Waals surface area contributed by atoms with Crippen molar-refractivity contribution >= 4 is 22.7 Å². The van der Waals surface area contributed by atoms with Crippen molar-refractivity contribution in [3.8, 4) is 0 Å². The number of hydrogen-bond acceptors (Lipinski definition) is 4. The van der Waals surface area contributed by atoms with Gasteiger partial charge in [0.1, 0.15) is 5.01 Å². The van der Waals surface area contributed by atoms with E-state index in [0.717, 1.165) is 13.0 Å². The molecule has 2 heterocycles. The highest BCUT2D eigenvalue weighted by Gasteiger charge is 2.07. The Bertz CT molecular complexity index is 420. The Morgan fingerprint density at radius 1 is 1.38 bits per heavy atom. The van der Waals surface area contributed by atoms with Crippen LogP contribution in [0, 0.1) is 6.92 Å². The highest BCUT2D eigenvalue weighted by atomic mass is 32.1. The van der Waals surface area contributed by atoms with Crippen LogP contribution in [-0.2, 0) is 6.42 Å². The summed E-state index contributed by atoms with van der Waals surface area (Å²) in [5, 5.41) is 8.86. The summed E-state index contributed by atoms with van der Waals surface area (Å²) in [6.07, 6.45) is 2.97. The van der Waals surface area contributed by atoms with Crippen molar-refractivity contribution < 1.29 is 0 Å². The quantitative estimate of drug-likeness (QED) is 0.882. The number of thiazole rings is 1. The molecule has 0 aliphatic carbocycles. The van der Waals surface area contributed by atoms with Crippen molar-refractivity contribution in [3.05, 3.63) is 38.5 Å². The molecule has 0 radical (unpaired) electrons. The third-order valence-corrected chi connectivity index (χ3v) is 4.63. The van der Waals surface area contributed by atoms with Crippen molar-refractivity contribution in [1.82, 2.24) is 10.3 Å². The Labute approximate surface area is 104 Å². The lowest BCUT2D eigenvalue weighted by Gasteiger charge is -2.10. The molecule has 1 unspecified atom stereocenters. The first kappa shape index (κ1) is 11.8. The third-order valence-electron chi connectivity index (χ3n) is 2.59. The second-order valence-corrected chi connectivity index (χ2v) is 5.75. The molecule has 0 amide bonds. The largest absolute Gasteiger partial charge is 0.308 e. The van der Waals surface area contributed by atoms with E-state index in [0.29, 0.717) is 6.04 Å². The molecule has 2 nitrogen and oxygen atoms in total. The smallest absolute Gasteiger partial charge is 0.109 e. The lowest BCUT2D eigenvalue weighted by molar-refractivity contribution is 0.575. The van der Waals surface area contributed by atoms with Gasteiger partial charge in [-0.3, -0.25) is 0 Å². The van der Waals surface area contributed by atoms with Gasteiger partial charge in [0.2, 0.25) is 0 Å². The van der Waals surface area contributed by atoms with Gasteiger partial charge in [-0.1, -0.05) is 0 Å². The normalized spacial score (nSPS) is 12.9. The lowest BCUT2D eigenvalue weighted by Crippen LogP contribution is -2.21. The van der Waals surface area contributed by atoms with Gasteiger partial charge in [0.05, 0.1) is 6.04 Å². The zero-order chi connectivity index (χ0) is 11.4. The fourth-order valence-corrected chi connectivity index (χ4v) is 3.18. The summed E-state index contributed by atoms with van der Waals surface area (Å²) in [6.45, 7) is 5.36. The van der Waals surface area contributed by atoms with E-state index in [-0.39, 0.29) is 0 Å². The van der Waals surface area contributed by atoms with E-state index in [1.165, 1.54) is 15.4 Å². The molecule has 86 valence electrons. The first-order valence-corrected chi connectivity index (χ1v) is 7.19. The molecule has 1 atom stereocenters. The average Bonchev–Trinajstić information content (AvgIpc) is 2.90. The average molecular weight is 252 g/mol. The van der Waals surface area contributed by atoms with Gasteiger partial charge >= 0.3 is 0 Å². The van der Waals surface area contributed by atoms with E-state index < -0.39 is 0 Å². The van der Waals surface area contributed by atoms with Gasteiger partial charge in [-0.05, 0) is 37.3 Å². The van der Waals surface area contributed by atoms with Crippen LogP contribution >= 0.6 is 22.7 Å². The monoisotopic (exact) mass is 252 g/mol. The molecule has 2 aromatic heterocycles. The van der Waals surface area contributed by atoms with E-state index in [1.807, 2.05) is 22.9 Å². The summed E-state index contributed by atoms with van der Waals surface area (Å²) in [5.41, 5.74) is 1.41. The van der Waals surface area contributed by atoms with Crippen molar-refractivity contribution in [3.63, 3.8) is 0 Å². The molecule has 0 aliphatic heterocycles. The zero-order valence-electron chi connectivity index (χ0n) is 9.56. The van der Waals surface area contributed by atoms with Gasteiger partial charge < -0.3 is 5.32 Å². The number of aromatic nitrogens is 1. The van der Waals surface area contributed by atoms with E-state index in [2.05, 4.69) is 35.6 Å². The first-order chi connectivity index (χ1) is 7.77. The molecule has 16 heavy (non-hydrogen) atoms. The molecule has 1 N–H and O–H groups in total. The Morgan fingerprint density at radius 3 is 2.88 bits per heavy atom. The first-order valence-electron chi connectivity index (χ1n) is 5.43. The highest BCUT2D eigenvalue weighted by molar-refractivity contribution is 7.10. The maximum Gasteiger partial charge on any atom is 0.109 e. The maximum absolute atomic E-state index is 4.31. The number of nitrogens with zero attached hydrogens (tertiary/aromatic N) is 1. The molecule has 0 aromatic carbocycles. The molecule has 2 rings (SSSR count). The summed E-state index contributed by atoms with van der Waals surface area (Å²) >= 11 is 3.56. The van der Waals surface area contributed by atoms with Crippen molar-refractivity contribution in [2.24, 2.45) is 0 Å². The molecule has 2 aromatic rings. The SMILES string of the molecule is Cc1ccsc1CCNC(C)c1nccs1. The van der Waals surface area contributed by atoms with E-state index in [9.17, 15) is 0 Å². The Morgan fingerprint density at radius 2 is 2.25 bits per heavy atom. The topological polar surface area (TPSA) is 24.9 Å². The predicted molar refractivity (Wildman–Crippen MR) is 71.3 cm³/mol. The fraction of sp³-hybridized carbons (Fsp3) is 0.417. The van der Waals surface area contributed by atoms with E-state index >= 15 is 0 Å². The number of thiophene rings is 1. The third kappa shape index (κ3) is 2.90. The molecule has 0 fully saturated rings. The van der Waals surface area contributed by atoms with Gasteiger partial charge in [-0.25, -0.2) is 4.98 Å². The van der Waals surface area contributed by atoms with Gasteiger partial charge in [0.15, 0.2) is 0 Å². The minimum atomic E-state index is 0.361. The van der Waals surface area contributed by atoms with Gasteiger partial charge in [-0.15, -0.1) is 22.7 Å². The number of aryl methyl sites for hydroxylation is 1. The van der Waals surface area contributed by atoms with E-state index in [4.69, 9.17) is 0 Å². The molecule has 0 saturated heterocycles.